The van der Waals surface area contributed by atoms with Crippen LogP contribution in [0.2, 0.25) is 0 Å². The summed E-state index contributed by atoms with van der Waals surface area (Å²) in [4.78, 5) is 0. The smallest absolute Gasteiger partial charge is 0.118 e. The predicted molar refractivity (Wildman–Crippen MR) is 82.8 cm³/mol. The molecule has 0 aliphatic heterocycles. The maximum atomic E-state index is 5.20. The van der Waals surface area contributed by atoms with Crippen molar-refractivity contribution < 1.29 is 4.74 Å². The van der Waals surface area contributed by atoms with E-state index in [1.165, 1.54) is 16.7 Å². The maximum Gasteiger partial charge on any atom is 0.118 e. The zero-order valence-electron chi connectivity index (χ0n) is 11.4. The number of nitrogens with one attached hydrogen (secondary N) is 1. The summed E-state index contributed by atoms with van der Waals surface area (Å²) in [7, 11) is 3.66. The number of halogens is 1. The Balaban J connectivity index is 2.40. The van der Waals surface area contributed by atoms with Crippen molar-refractivity contribution in [1.29, 1.82) is 0 Å². The molecule has 1 unspecified atom stereocenters. The second kappa shape index (κ2) is 6.22. The minimum absolute atomic E-state index is 0.184. The lowest BCUT2D eigenvalue weighted by Crippen LogP contribution is -2.18. The normalized spacial score (nSPS) is 12.2. The van der Waals surface area contributed by atoms with Crippen molar-refractivity contribution in [2.75, 3.05) is 14.2 Å². The second-order valence-electron chi connectivity index (χ2n) is 4.45. The molecule has 0 aliphatic carbocycles. The Morgan fingerprint density at radius 1 is 1.11 bits per heavy atom. The third kappa shape index (κ3) is 2.99. The van der Waals surface area contributed by atoms with Gasteiger partial charge in [0.05, 0.1) is 13.2 Å². The van der Waals surface area contributed by atoms with E-state index < -0.39 is 0 Å². The van der Waals surface area contributed by atoms with Crippen LogP contribution in [-0.2, 0) is 0 Å². The molecule has 2 nitrogen and oxygen atoms in total. The molecular formula is C16H18BrNO. The van der Waals surface area contributed by atoms with E-state index in [4.69, 9.17) is 4.74 Å². The van der Waals surface area contributed by atoms with Gasteiger partial charge in [0.2, 0.25) is 0 Å². The molecule has 0 bridgehead atoms. The van der Waals surface area contributed by atoms with Crippen molar-refractivity contribution in [1.82, 2.24) is 5.32 Å². The summed E-state index contributed by atoms with van der Waals surface area (Å²) in [6.45, 7) is 2.13. The van der Waals surface area contributed by atoms with Crippen LogP contribution in [0, 0.1) is 6.92 Å². The molecule has 0 amide bonds. The molecule has 2 aromatic rings. The standard InChI is InChI=1S/C16H18BrNO/c1-11-14(5-4-6-15(11)17)16(18-2)12-7-9-13(19-3)10-8-12/h4-10,16,18H,1-3H3. The number of benzene rings is 2. The molecule has 100 valence electrons. The van der Waals surface area contributed by atoms with Crippen LogP contribution in [0.1, 0.15) is 22.7 Å². The molecule has 19 heavy (non-hydrogen) atoms. The number of rotatable bonds is 4. The molecular weight excluding hydrogens is 302 g/mol. The van der Waals surface area contributed by atoms with E-state index in [2.05, 4.69) is 58.5 Å². The zero-order chi connectivity index (χ0) is 13.8. The fraction of sp³-hybridized carbons (Fsp3) is 0.250. The van der Waals surface area contributed by atoms with Crippen LogP contribution in [0.3, 0.4) is 0 Å². The molecule has 0 radical (unpaired) electrons. The molecule has 0 fully saturated rings. The first-order valence-electron chi connectivity index (χ1n) is 6.23. The van der Waals surface area contributed by atoms with Crippen LogP contribution < -0.4 is 10.1 Å². The van der Waals surface area contributed by atoms with Crippen LogP contribution in [0.4, 0.5) is 0 Å². The minimum Gasteiger partial charge on any atom is -0.497 e. The first kappa shape index (κ1) is 14.1. The van der Waals surface area contributed by atoms with Crippen LogP contribution in [0.5, 0.6) is 5.75 Å². The first-order chi connectivity index (χ1) is 9.17. The van der Waals surface area contributed by atoms with Crippen LogP contribution in [0.15, 0.2) is 46.9 Å². The van der Waals surface area contributed by atoms with Crippen molar-refractivity contribution in [2.45, 2.75) is 13.0 Å². The van der Waals surface area contributed by atoms with Gasteiger partial charge in [0.1, 0.15) is 5.75 Å². The Labute approximate surface area is 122 Å². The summed E-state index contributed by atoms with van der Waals surface area (Å²) < 4.78 is 6.34. The summed E-state index contributed by atoms with van der Waals surface area (Å²) in [5, 5.41) is 3.38. The van der Waals surface area contributed by atoms with Crippen molar-refractivity contribution in [3.8, 4) is 5.75 Å². The van der Waals surface area contributed by atoms with E-state index in [-0.39, 0.29) is 6.04 Å². The Kier molecular flexibility index (Phi) is 4.61. The third-order valence-corrected chi connectivity index (χ3v) is 4.22. The van der Waals surface area contributed by atoms with E-state index in [1.54, 1.807) is 7.11 Å². The van der Waals surface area contributed by atoms with Crippen molar-refractivity contribution in [2.24, 2.45) is 0 Å². The van der Waals surface area contributed by atoms with Gasteiger partial charge >= 0.3 is 0 Å². The Bertz CT molecular complexity index is 551. The topological polar surface area (TPSA) is 21.3 Å². The van der Waals surface area contributed by atoms with E-state index in [0.717, 1.165) is 10.2 Å². The summed E-state index contributed by atoms with van der Waals surface area (Å²) in [5.74, 6) is 0.879. The predicted octanol–water partition coefficient (Wildman–Crippen LogP) is 4.07. The average Bonchev–Trinajstić information content (AvgIpc) is 2.45. The average molecular weight is 320 g/mol. The SMILES string of the molecule is CNC(c1ccc(OC)cc1)c1cccc(Br)c1C. The van der Waals surface area contributed by atoms with Gasteiger partial charge in [0.15, 0.2) is 0 Å². The zero-order valence-corrected chi connectivity index (χ0v) is 13.0. The van der Waals surface area contributed by atoms with Gasteiger partial charge in [-0.25, -0.2) is 0 Å². The number of hydrogen-bond donors (Lipinski definition) is 1. The lowest BCUT2D eigenvalue weighted by Gasteiger charge is -2.20. The maximum absolute atomic E-state index is 5.20. The third-order valence-electron chi connectivity index (χ3n) is 3.36. The van der Waals surface area contributed by atoms with Gasteiger partial charge in [-0.3, -0.25) is 0 Å². The van der Waals surface area contributed by atoms with E-state index in [1.807, 2.05) is 19.2 Å². The number of ether oxygens (including phenoxy) is 1. The highest BCUT2D eigenvalue weighted by molar-refractivity contribution is 9.10. The van der Waals surface area contributed by atoms with Crippen LogP contribution in [0.25, 0.3) is 0 Å². The summed E-state index contributed by atoms with van der Waals surface area (Å²) >= 11 is 3.59. The lowest BCUT2D eigenvalue weighted by molar-refractivity contribution is 0.414. The molecule has 0 spiro atoms. The Hall–Kier alpha value is -1.32. The monoisotopic (exact) mass is 319 g/mol. The summed E-state index contributed by atoms with van der Waals surface area (Å²) in [6.07, 6.45) is 0. The molecule has 0 aromatic heterocycles. The number of methoxy groups -OCH3 is 1. The van der Waals surface area contributed by atoms with Crippen LogP contribution >= 0.6 is 15.9 Å². The lowest BCUT2D eigenvalue weighted by atomic mass is 9.95. The van der Waals surface area contributed by atoms with Gasteiger partial charge in [-0.05, 0) is 48.9 Å². The van der Waals surface area contributed by atoms with Crippen LogP contribution in [-0.4, -0.2) is 14.2 Å². The molecule has 0 heterocycles. The molecule has 3 heteroatoms. The highest BCUT2D eigenvalue weighted by Gasteiger charge is 2.15. The molecule has 2 aromatic carbocycles. The van der Waals surface area contributed by atoms with E-state index in [9.17, 15) is 0 Å². The molecule has 0 saturated carbocycles. The number of hydrogen-bond acceptors (Lipinski definition) is 2. The molecule has 1 N–H and O–H groups in total. The van der Waals surface area contributed by atoms with E-state index in [0.29, 0.717) is 0 Å². The molecule has 0 saturated heterocycles. The molecule has 1 atom stereocenters. The van der Waals surface area contributed by atoms with Crippen molar-refractivity contribution in [3.63, 3.8) is 0 Å². The fourth-order valence-corrected chi connectivity index (χ4v) is 2.62. The summed E-state index contributed by atoms with van der Waals surface area (Å²) in [6, 6.07) is 14.7. The second-order valence-corrected chi connectivity index (χ2v) is 5.30. The molecule has 2 rings (SSSR count). The largest absolute Gasteiger partial charge is 0.497 e. The quantitative estimate of drug-likeness (QED) is 0.917. The van der Waals surface area contributed by atoms with Crippen molar-refractivity contribution in [3.05, 3.63) is 63.6 Å². The summed E-state index contributed by atoms with van der Waals surface area (Å²) in [5.41, 5.74) is 3.77. The highest BCUT2D eigenvalue weighted by atomic mass is 79.9. The highest BCUT2D eigenvalue weighted by Crippen LogP contribution is 2.29. The van der Waals surface area contributed by atoms with Gasteiger partial charge < -0.3 is 10.1 Å². The van der Waals surface area contributed by atoms with E-state index >= 15 is 0 Å². The van der Waals surface area contributed by atoms with Gasteiger partial charge in [0.25, 0.3) is 0 Å². The van der Waals surface area contributed by atoms with Crippen molar-refractivity contribution >= 4 is 15.9 Å². The van der Waals surface area contributed by atoms with Gasteiger partial charge in [-0.2, -0.15) is 0 Å². The Morgan fingerprint density at radius 3 is 2.37 bits per heavy atom. The van der Waals surface area contributed by atoms with Gasteiger partial charge in [0, 0.05) is 4.47 Å². The minimum atomic E-state index is 0.184. The van der Waals surface area contributed by atoms with Gasteiger partial charge in [-0.15, -0.1) is 0 Å². The first-order valence-corrected chi connectivity index (χ1v) is 7.03. The molecule has 0 aliphatic rings. The Morgan fingerprint density at radius 2 is 1.79 bits per heavy atom. The fourth-order valence-electron chi connectivity index (χ4n) is 2.23. The van der Waals surface area contributed by atoms with Gasteiger partial charge in [-0.1, -0.05) is 40.2 Å².